The molecule has 0 radical (unpaired) electrons. The Kier molecular flexibility index (Phi) is 5.75. The molecular weight excluding hydrogens is 316 g/mol. The topological polar surface area (TPSA) is 75.9 Å². The third-order valence-corrected chi connectivity index (χ3v) is 4.87. The van der Waals surface area contributed by atoms with Gasteiger partial charge in [0, 0.05) is 26.1 Å². The molecular formula is C18H26N6O. The van der Waals surface area contributed by atoms with Gasteiger partial charge in [-0.3, -0.25) is 9.69 Å². The maximum atomic E-state index is 12.0. The molecule has 25 heavy (non-hydrogen) atoms. The van der Waals surface area contributed by atoms with Crippen LogP contribution in [0.2, 0.25) is 0 Å². The molecule has 0 spiro atoms. The van der Waals surface area contributed by atoms with Crippen LogP contribution in [0.1, 0.15) is 29.8 Å². The number of carbonyl (C=O) groups is 1. The molecule has 1 N–H and O–H groups in total. The van der Waals surface area contributed by atoms with E-state index in [1.165, 1.54) is 11.1 Å². The normalized spacial score (nSPS) is 17.8. The van der Waals surface area contributed by atoms with E-state index in [2.05, 4.69) is 56.9 Å². The van der Waals surface area contributed by atoms with Crippen LogP contribution < -0.4 is 5.32 Å². The van der Waals surface area contributed by atoms with Crippen molar-refractivity contribution in [2.24, 2.45) is 5.92 Å². The number of nitrogens with one attached hydrogen (secondary N) is 1. The molecule has 7 heteroatoms. The molecule has 0 saturated carbocycles. The highest BCUT2D eigenvalue weighted by atomic mass is 16.1. The average Bonchev–Trinajstić information content (AvgIpc) is 3.22. The number of hydrogen-bond acceptors (Lipinski definition) is 5. The lowest BCUT2D eigenvalue weighted by Gasteiger charge is -2.17. The molecule has 1 aliphatic rings. The molecule has 3 rings (SSSR count). The average molecular weight is 342 g/mol. The Hall–Kier alpha value is -2.28. The Balaban J connectivity index is 1.37. The lowest BCUT2D eigenvalue weighted by Crippen LogP contribution is -2.31. The smallest absolute Gasteiger partial charge is 0.221 e. The van der Waals surface area contributed by atoms with Gasteiger partial charge in [0.15, 0.2) is 0 Å². The van der Waals surface area contributed by atoms with Crippen LogP contribution in [0.15, 0.2) is 24.3 Å². The van der Waals surface area contributed by atoms with E-state index in [0.717, 1.165) is 38.4 Å². The maximum absolute atomic E-state index is 12.0. The van der Waals surface area contributed by atoms with Crippen molar-refractivity contribution in [2.45, 2.75) is 39.8 Å². The fourth-order valence-corrected chi connectivity index (χ4v) is 3.26. The molecule has 2 aromatic rings. The predicted octanol–water partition coefficient (Wildman–Crippen LogP) is 1.32. The van der Waals surface area contributed by atoms with E-state index in [1.54, 1.807) is 4.68 Å². The summed E-state index contributed by atoms with van der Waals surface area (Å²) in [5.41, 5.74) is 2.74. The minimum atomic E-state index is 0.0623. The number of carbonyl (C=O) groups excluding carboxylic acids is 1. The van der Waals surface area contributed by atoms with Crippen LogP contribution in [0, 0.1) is 19.8 Å². The van der Waals surface area contributed by atoms with Gasteiger partial charge in [0.05, 0.1) is 6.54 Å². The minimum Gasteiger partial charge on any atom is -0.356 e. The van der Waals surface area contributed by atoms with E-state index in [1.807, 2.05) is 6.92 Å². The lowest BCUT2D eigenvalue weighted by molar-refractivity contribution is -0.121. The van der Waals surface area contributed by atoms with Crippen molar-refractivity contribution in [2.75, 3.05) is 19.6 Å². The Labute approximate surface area is 148 Å². The van der Waals surface area contributed by atoms with Gasteiger partial charge >= 0.3 is 0 Å². The summed E-state index contributed by atoms with van der Waals surface area (Å²) in [5, 5.41) is 14.3. The number of rotatable bonds is 7. The van der Waals surface area contributed by atoms with Gasteiger partial charge in [-0.25, -0.2) is 4.68 Å². The molecule has 7 nitrogen and oxygen atoms in total. The van der Waals surface area contributed by atoms with Crippen molar-refractivity contribution in [1.29, 1.82) is 0 Å². The van der Waals surface area contributed by atoms with E-state index in [4.69, 9.17) is 0 Å². The van der Waals surface area contributed by atoms with Gasteiger partial charge in [0.2, 0.25) is 5.91 Å². The Morgan fingerprint density at radius 1 is 1.32 bits per heavy atom. The Morgan fingerprint density at radius 2 is 2.16 bits per heavy atom. The second-order valence-corrected chi connectivity index (χ2v) is 6.82. The van der Waals surface area contributed by atoms with Crippen molar-refractivity contribution in [3.8, 4) is 0 Å². The van der Waals surface area contributed by atoms with Crippen molar-refractivity contribution in [3.05, 3.63) is 41.2 Å². The third-order valence-electron chi connectivity index (χ3n) is 4.87. The number of benzene rings is 1. The fraction of sp³-hybridized carbons (Fsp3) is 0.556. The maximum Gasteiger partial charge on any atom is 0.221 e. The summed E-state index contributed by atoms with van der Waals surface area (Å²) < 4.78 is 1.65. The van der Waals surface area contributed by atoms with Gasteiger partial charge in [0.25, 0.3) is 0 Å². The van der Waals surface area contributed by atoms with Crippen LogP contribution in [-0.2, 0) is 17.9 Å². The van der Waals surface area contributed by atoms with Gasteiger partial charge in [-0.2, -0.15) is 0 Å². The van der Waals surface area contributed by atoms with Crippen LogP contribution in [0.4, 0.5) is 0 Å². The SMILES string of the molecule is Cc1ccccc1CN1CC[C@H](CNC(=O)CCn2nnnc2C)C1. The Morgan fingerprint density at radius 3 is 2.92 bits per heavy atom. The molecule has 1 atom stereocenters. The zero-order valence-corrected chi connectivity index (χ0v) is 15.0. The van der Waals surface area contributed by atoms with Crippen molar-refractivity contribution >= 4 is 5.91 Å². The first-order chi connectivity index (χ1) is 12.1. The summed E-state index contributed by atoms with van der Waals surface area (Å²) in [6.45, 7) is 8.40. The van der Waals surface area contributed by atoms with Gasteiger partial charge in [0.1, 0.15) is 5.82 Å². The van der Waals surface area contributed by atoms with E-state index in [9.17, 15) is 4.79 Å². The largest absolute Gasteiger partial charge is 0.356 e. The monoisotopic (exact) mass is 342 g/mol. The number of aromatic nitrogens is 4. The third kappa shape index (κ3) is 4.85. The molecule has 0 bridgehead atoms. The summed E-state index contributed by atoms with van der Waals surface area (Å²) in [6, 6.07) is 8.54. The first-order valence-corrected chi connectivity index (χ1v) is 8.88. The molecule has 1 aliphatic heterocycles. The highest BCUT2D eigenvalue weighted by molar-refractivity contribution is 5.75. The van der Waals surface area contributed by atoms with Gasteiger partial charge in [-0.15, -0.1) is 5.10 Å². The number of likely N-dealkylation sites (tertiary alicyclic amines) is 1. The molecule has 0 aliphatic carbocycles. The predicted molar refractivity (Wildman–Crippen MR) is 94.7 cm³/mol. The van der Waals surface area contributed by atoms with Crippen LogP contribution in [0.25, 0.3) is 0 Å². The van der Waals surface area contributed by atoms with Crippen LogP contribution in [0.3, 0.4) is 0 Å². The first kappa shape index (κ1) is 17.5. The number of hydrogen-bond donors (Lipinski definition) is 1. The Bertz CT molecular complexity index is 713. The van der Waals surface area contributed by atoms with Gasteiger partial charge in [-0.05, 0) is 54.3 Å². The standard InChI is InChI=1S/C18H26N6O/c1-14-5-3-4-6-17(14)13-23-9-7-16(12-23)11-19-18(25)8-10-24-15(2)20-21-22-24/h3-6,16H,7-13H2,1-2H3,(H,19,25)/t16-/m1/s1. The summed E-state index contributed by atoms with van der Waals surface area (Å²) in [6.07, 6.45) is 1.55. The fourth-order valence-electron chi connectivity index (χ4n) is 3.26. The number of amides is 1. The number of nitrogens with zero attached hydrogens (tertiary/aromatic N) is 5. The van der Waals surface area contributed by atoms with E-state index >= 15 is 0 Å². The van der Waals surface area contributed by atoms with Gasteiger partial charge in [-0.1, -0.05) is 24.3 Å². The molecule has 0 unspecified atom stereocenters. The van der Waals surface area contributed by atoms with Crippen LogP contribution in [-0.4, -0.2) is 50.6 Å². The van der Waals surface area contributed by atoms with Crippen molar-refractivity contribution in [1.82, 2.24) is 30.4 Å². The van der Waals surface area contributed by atoms with E-state index < -0.39 is 0 Å². The second kappa shape index (κ2) is 8.20. The zero-order chi connectivity index (χ0) is 17.6. The highest BCUT2D eigenvalue weighted by Crippen LogP contribution is 2.19. The summed E-state index contributed by atoms with van der Waals surface area (Å²) in [7, 11) is 0. The number of aryl methyl sites for hydroxylation is 3. The minimum absolute atomic E-state index is 0.0623. The summed E-state index contributed by atoms with van der Waals surface area (Å²) in [5.74, 6) is 1.32. The quantitative estimate of drug-likeness (QED) is 0.821. The molecule has 134 valence electrons. The molecule has 1 saturated heterocycles. The van der Waals surface area contributed by atoms with Crippen molar-refractivity contribution in [3.63, 3.8) is 0 Å². The molecule has 1 amide bonds. The van der Waals surface area contributed by atoms with Crippen LogP contribution in [0.5, 0.6) is 0 Å². The molecule has 2 heterocycles. The summed E-state index contributed by atoms with van der Waals surface area (Å²) >= 11 is 0. The first-order valence-electron chi connectivity index (χ1n) is 8.88. The second-order valence-electron chi connectivity index (χ2n) is 6.82. The van der Waals surface area contributed by atoms with E-state index in [-0.39, 0.29) is 5.91 Å². The number of tetrazole rings is 1. The molecule has 1 aromatic carbocycles. The lowest BCUT2D eigenvalue weighted by atomic mass is 10.1. The molecule has 1 fully saturated rings. The van der Waals surface area contributed by atoms with Crippen molar-refractivity contribution < 1.29 is 4.79 Å². The van der Waals surface area contributed by atoms with E-state index in [0.29, 0.717) is 18.9 Å². The zero-order valence-electron chi connectivity index (χ0n) is 15.0. The summed E-state index contributed by atoms with van der Waals surface area (Å²) in [4.78, 5) is 14.5. The van der Waals surface area contributed by atoms with Gasteiger partial charge < -0.3 is 5.32 Å². The van der Waals surface area contributed by atoms with Crippen LogP contribution >= 0.6 is 0 Å². The molecule has 1 aromatic heterocycles. The highest BCUT2D eigenvalue weighted by Gasteiger charge is 2.23.